The van der Waals surface area contributed by atoms with E-state index in [0.717, 1.165) is 24.2 Å². The largest absolute Gasteiger partial charge is 0.465 e. The van der Waals surface area contributed by atoms with E-state index < -0.39 is 0 Å². The van der Waals surface area contributed by atoms with Gasteiger partial charge in [-0.2, -0.15) is 0 Å². The molecule has 0 unspecified atom stereocenters. The summed E-state index contributed by atoms with van der Waals surface area (Å²) in [6.45, 7) is 0. The highest BCUT2D eigenvalue weighted by atomic mass is 16.3. The van der Waals surface area contributed by atoms with Gasteiger partial charge in [0.25, 0.3) is 0 Å². The van der Waals surface area contributed by atoms with Gasteiger partial charge in [-0.1, -0.05) is 12.8 Å². The SMILES string of the molecule is O=C1/C(=C/c2ccco2)C[C@H]2CCCC[C@@H]12. The molecule has 0 N–H and O–H groups in total. The monoisotopic (exact) mass is 216 g/mol. The maximum atomic E-state index is 12.2. The highest BCUT2D eigenvalue weighted by Gasteiger charge is 2.39. The Morgan fingerprint density at radius 1 is 1.31 bits per heavy atom. The number of furan rings is 1. The summed E-state index contributed by atoms with van der Waals surface area (Å²) >= 11 is 0. The second-order valence-corrected chi connectivity index (χ2v) is 4.90. The van der Waals surface area contributed by atoms with Gasteiger partial charge in [-0.25, -0.2) is 0 Å². The molecule has 84 valence electrons. The zero-order valence-corrected chi connectivity index (χ0v) is 9.32. The van der Waals surface area contributed by atoms with Crippen molar-refractivity contribution in [3.05, 3.63) is 29.7 Å². The number of Topliss-reactive ketones (excluding diaryl/α,β-unsaturated/α-hetero) is 1. The summed E-state index contributed by atoms with van der Waals surface area (Å²) in [7, 11) is 0. The van der Waals surface area contributed by atoms with Crippen LogP contribution in [0.5, 0.6) is 0 Å². The van der Waals surface area contributed by atoms with Gasteiger partial charge >= 0.3 is 0 Å². The van der Waals surface area contributed by atoms with E-state index in [2.05, 4.69) is 0 Å². The zero-order valence-electron chi connectivity index (χ0n) is 9.32. The van der Waals surface area contributed by atoms with Gasteiger partial charge in [0, 0.05) is 5.92 Å². The molecule has 0 aromatic carbocycles. The van der Waals surface area contributed by atoms with Gasteiger partial charge in [0.1, 0.15) is 5.76 Å². The van der Waals surface area contributed by atoms with Crippen molar-refractivity contribution in [2.24, 2.45) is 11.8 Å². The van der Waals surface area contributed by atoms with Crippen molar-refractivity contribution < 1.29 is 9.21 Å². The average molecular weight is 216 g/mol. The predicted octanol–water partition coefficient (Wildman–Crippen LogP) is 3.44. The first-order valence-electron chi connectivity index (χ1n) is 6.13. The van der Waals surface area contributed by atoms with Crippen LogP contribution in [-0.2, 0) is 4.79 Å². The Hall–Kier alpha value is -1.31. The van der Waals surface area contributed by atoms with Gasteiger partial charge in [0.15, 0.2) is 5.78 Å². The Balaban J connectivity index is 1.85. The number of rotatable bonds is 1. The Bertz CT molecular complexity index is 414. The summed E-state index contributed by atoms with van der Waals surface area (Å²) < 4.78 is 5.27. The lowest BCUT2D eigenvalue weighted by molar-refractivity contribution is -0.119. The van der Waals surface area contributed by atoms with Crippen molar-refractivity contribution in [2.75, 3.05) is 0 Å². The van der Waals surface area contributed by atoms with Crippen molar-refractivity contribution >= 4 is 11.9 Å². The van der Waals surface area contributed by atoms with E-state index in [4.69, 9.17) is 4.42 Å². The fraction of sp³-hybridized carbons (Fsp3) is 0.500. The van der Waals surface area contributed by atoms with Crippen LogP contribution in [-0.4, -0.2) is 5.78 Å². The normalized spacial score (nSPS) is 32.0. The lowest BCUT2D eigenvalue weighted by Crippen LogP contribution is -2.18. The van der Waals surface area contributed by atoms with Crippen LogP contribution in [0.4, 0.5) is 0 Å². The topological polar surface area (TPSA) is 30.2 Å². The molecule has 0 spiro atoms. The molecule has 1 heterocycles. The van der Waals surface area contributed by atoms with Crippen molar-refractivity contribution in [3.8, 4) is 0 Å². The number of carbonyl (C=O) groups excluding carboxylic acids is 1. The third kappa shape index (κ3) is 1.62. The average Bonchev–Trinajstić information content (AvgIpc) is 2.90. The van der Waals surface area contributed by atoms with Gasteiger partial charge in [-0.3, -0.25) is 4.79 Å². The molecule has 2 nitrogen and oxygen atoms in total. The van der Waals surface area contributed by atoms with Crippen LogP contribution in [0, 0.1) is 11.8 Å². The number of ketones is 1. The molecule has 2 atom stereocenters. The maximum Gasteiger partial charge on any atom is 0.162 e. The molecule has 16 heavy (non-hydrogen) atoms. The fourth-order valence-electron chi connectivity index (χ4n) is 3.09. The highest BCUT2D eigenvalue weighted by Crippen LogP contribution is 2.42. The van der Waals surface area contributed by atoms with Crippen molar-refractivity contribution in [1.29, 1.82) is 0 Å². The fourth-order valence-corrected chi connectivity index (χ4v) is 3.09. The molecule has 2 aliphatic carbocycles. The second-order valence-electron chi connectivity index (χ2n) is 4.90. The third-order valence-corrected chi connectivity index (χ3v) is 3.90. The number of allylic oxidation sites excluding steroid dienone is 1. The van der Waals surface area contributed by atoms with E-state index in [9.17, 15) is 4.79 Å². The minimum absolute atomic E-state index is 0.315. The van der Waals surface area contributed by atoms with Crippen LogP contribution >= 0.6 is 0 Å². The van der Waals surface area contributed by atoms with Crippen molar-refractivity contribution in [2.45, 2.75) is 32.1 Å². The summed E-state index contributed by atoms with van der Waals surface area (Å²) in [5, 5.41) is 0. The van der Waals surface area contributed by atoms with E-state index in [1.165, 1.54) is 19.3 Å². The van der Waals surface area contributed by atoms with Crippen molar-refractivity contribution in [1.82, 2.24) is 0 Å². The Morgan fingerprint density at radius 2 is 2.19 bits per heavy atom. The highest BCUT2D eigenvalue weighted by molar-refractivity contribution is 6.03. The zero-order chi connectivity index (χ0) is 11.0. The number of carbonyl (C=O) groups is 1. The van der Waals surface area contributed by atoms with E-state index >= 15 is 0 Å². The quantitative estimate of drug-likeness (QED) is 0.673. The van der Waals surface area contributed by atoms with Crippen LogP contribution in [0.1, 0.15) is 37.9 Å². The Kier molecular flexibility index (Phi) is 2.43. The lowest BCUT2D eigenvalue weighted by Gasteiger charge is -2.22. The standard InChI is InChI=1S/C14H16O2/c15-14-11(9-12-5-3-7-16-12)8-10-4-1-2-6-13(10)14/h3,5,7,9-10,13H,1-2,4,6,8H2/b11-9+/t10-,13-/m1/s1. The molecule has 2 heteroatoms. The molecular formula is C14H16O2. The molecule has 2 saturated carbocycles. The van der Waals surface area contributed by atoms with Crippen LogP contribution in [0.15, 0.2) is 28.4 Å². The molecule has 1 aromatic heterocycles. The van der Waals surface area contributed by atoms with Gasteiger partial charge in [-0.15, -0.1) is 0 Å². The molecule has 0 radical (unpaired) electrons. The molecule has 3 rings (SSSR count). The van der Waals surface area contributed by atoms with Gasteiger partial charge in [0.2, 0.25) is 0 Å². The molecule has 0 bridgehead atoms. The molecule has 0 saturated heterocycles. The number of hydrogen-bond donors (Lipinski definition) is 0. The first-order chi connectivity index (χ1) is 7.84. The number of hydrogen-bond acceptors (Lipinski definition) is 2. The smallest absolute Gasteiger partial charge is 0.162 e. The molecule has 1 aromatic rings. The van der Waals surface area contributed by atoms with Crippen LogP contribution < -0.4 is 0 Å². The van der Waals surface area contributed by atoms with Crippen LogP contribution in [0.2, 0.25) is 0 Å². The summed E-state index contributed by atoms with van der Waals surface area (Å²) in [5.41, 5.74) is 0.979. The van der Waals surface area contributed by atoms with Gasteiger partial charge < -0.3 is 4.42 Å². The van der Waals surface area contributed by atoms with Crippen LogP contribution in [0.3, 0.4) is 0 Å². The minimum Gasteiger partial charge on any atom is -0.465 e. The lowest BCUT2D eigenvalue weighted by atomic mass is 9.81. The molecule has 2 fully saturated rings. The van der Waals surface area contributed by atoms with Crippen molar-refractivity contribution in [3.63, 3.8) is 0 Å². The van der Waals surface area contributed by atoms with E-state index in [1.54, 1.807) is 6.26 Å². The molecule has 0 aliphatic heterocycles. The summed E-state index contributed by atoms with van der Waals surface area (Å²) in [6, 6.07) is 3.77. The second kappa shape index (κ2) is 3.93. The minimum atomic E-state index is 0.315. The molecular weight excluding hydrogens is 200 g/mol. The first kappa shape index (κ1) is 9.88. The molecule has 0 amide bonds. The van der Waals surface area contributed by atoms with Gasteiger partial charge in [0.05, 0.1) is 6.26 Å². The maximum absolute atomic E-state index is 12.2. The van der Waals surface area contributed by atoms with E-state index in [-0.39, 0.29) is 0 Å². The summed E-state index contributed by atoms with van der Waals surface area (Å²) in [5.74, 6) is 2.11. The Morgan fingerprint density at radius 3 is 2.94 bits per heavy atom. The summed E-state index contributed by atoms with van der Waals surface area (Å²) in [4.78, 5) is 12.2. The van der Waals surface area contributed by atoms with E-state index in [0.29, 0.717) is 17.6 Å². The van der Waals surface area contributed by atoms with E-state index in [1.807, 2.05) is 18.2 Å². The van der Waals surface area contributed by atoms with Crippen LogP contribution in [0.25, 0.3) is 6.08 Å². The Labute approximate surface area is 95.3 Å². The number of fused-ring (bicyclic) bond motifs is 1. The summed E-state index contributed by atoms with van der Waals surface area (Å²) in [6.07, 6.45) is 9.39. The predicted molar refractivity (Wildman–Crippen MR) is 61.8 cm³/mol. The first-order valence-corrected chi connectivity index (χ1v) is 6.13. The van der Waals surface area contributed by atoms with Gasteiger partial charge in [-0.05, 0) is 49.0 Å². The molecule has 2 aliphatic rings. The third-order valence-electron chi connectivity index (χ3n) is 3.90.